The lowest BCUT2D eigenvalue weighted by atomic mass is 10.1. The molecule has 102 valence electrons. The molecule has 0 fully saturated rings. The second-order valence-electron chi connectivity index (χ2n) is 4.84. The number of carbonyl (C=O) groups is 1. The van der Waals surface area contributed by atoms with Gasteiger partial charge in [-0.1, -0.05) is 41.9 Å². The van der Waals surface area contributed by atoms with Crippen molar-refractivity contribution in [1.29, 1.82) is 0 Å². The van der Waals surface area contributed by atoms with Crippen molar-refractivity contribution in [3.63, 3.8) is 0 Å². The number of aromatic nitrogens is 1. The van der Waals surface area contributed by atoms with Crippen LogP contribution >= 0.6 is 22.9 Å². The lowest BCUT2D eigenvalue weighted by Crippen LogP contribution is -1.96. The molecule has 0 saturated carbocycles. The third-order valence-corrected chi connectivity index (χ3v) is 4.99. The van der Waals surface area contributed by atoms with Crippen LogP contribution in [0.2, 0.25) is 5.02 Å². The number of hydrogen-bond acceptors (Lipinski definition) is 2. The minimum Gasteiger partial charge on any atom is -0.359 e. The van der Waals surface area contributed by atoms with Crippen molar-refractivity contribution in [2.24, 2.45) is 0 Å². The molecular weight excluding hydrogens is 302 g/mol. The lowest BCUT2D eigenvalue weighted by molar-refractivity contribution is 0.104. The van der Waals surface area contributed by atoms with E-state index in [9.17, 15) is 4.79 Å². The first-order valence-corrected chi connectivity index (χ1v) is 7.72. The molecule has 4 heteroatoms. The topological polar surface area (TPSA) is 32.9 Å². The second kappa shape index (κ2) is 4.72. The molecule has 0 radical (unpaired) electrons. The number of para-hydroxylation sites is 1. The van der Waals surface area contributed by atoms with Crippen LogP contribution in [0.25, 0.3) is 21.0 Å². The van der Waals surface area contributed by atoms with Crippen LogP contribution in [0.15, 0.2) is 54.7 Å². The van der Waals surface area contributed by atoms with Crippen molar-refractivity contribution in [3.8, 4) is 0 Å². The molecule has 4 rings (SSSR count). The first-order chi connectivity index (χ1) is 10.2. The van der Waals surface area contributed by atoms with Crippen LogP contribution in [0.3, 0.4) is 0 Å². The van der Waals surface area contributed by atoms with Crippen LogP contribution in [0.4, 0.5) is 0 Å². The highest BCUT2D eigenvalue weighted by Gasteiger charge is 2.17. The quantitative estimate of drug-likeness (QED) is 0.503. The highest BCUT2D eigenvalue weighted by atomic mass is 35.5. The monoisotopic (exact) mass is 311 g/mol. The summed E-state index contributed by atoms with van der Waals surface area (Å²) in [6.07, 6.45) is 1.74. The maximum atomic E-state index is 12.7. The Labute approximate surface area is 130 Å². The Kier molecular flexibility index (Phi) is 2.84. The zero-order valence-corrected chi connectivity index (χ0v) is 12.5. The summed E-state index contributed by atoms with van der Waals surface area (Å²) in [6, 6.07) is 15.6. The highest BCUT2D eigenvalue weighted by Crippen LogP contribution is 2.31. The van der Waals surface area contributed by atoms with E-state index in [-0.39, 0.29) is 5.78 Å². The lowest BCUT2D eigenvalue weighted by Gasteiger charge is -1.97. The van der Waals surface area contributed by atoms with E-state index >= 15 is 0 Å². The Bertz CT molecular complexity index is 950. The largest absolute Gasteiger partial charge is 0.359 e. The molecule has 0 aliphatic rings. The second-order valence-corrected chi connectivity index (χ2v) is 6.33. The number of thiophene rings is 1. The molecule has 0 aliphatic carbocycles. The molecule has 0 saturated heterocycles. The molecule has 2 nitrogen and oxygen atoms in total. The number of H-pyrrole nitrogens is 1. The number of fused-ring (bicyclic) bond motifs is 2. The Morgan fingerprint density at radius 2 is 1.95 bits per heavy atom. The standard InChI is InChI=1S/C17H10ClNOS/c18-13-6-3-5-11-12(9-19-16(11)13)17(20)15-8-10-4-1-2-7-14(10)21-15/h1-9,19H. The molecule has 4 aromatic rings. The van der Waals surface area contributed by atoms with E-state index in [1.165, 1.54) is 11.3 Å². The number of ketones is 1. The summed E-state index contributed by atoms with van der Waals surface area (Å²) in [4.78, 5) is 16.6. The molecule has 0 bridgehead atoms. The number of benzene rings is 2. The van der Waals surface area contributed by atoms with Gasteiger partial charge >= 0.3 is 0 Å². The van der Waals surface area contributed by atoms with Crippen molar-refractivity contribution < 1.29 is 4.79 Å². The van der Waals surface area contributed by atoms with Gasteiger partial charge in [-0.2, -0.15) is 0 Å². The first kappa shape index (κ1) is 12.6. The Morgan fingerprint density at radius 1 is 1.10 bits per heavy atom. The van der Waals surface area contributed by atoms with E-state index in [1.807, 2.05) is 48.5 Å². The van der Waals surface area contributed by atoms with Gasteiger partial charge in [0.15, 0.2) is 0 Å². The Morgan fingerprint density at radius 3 is 2.81 bits per heavy atom. The van der Waals surface area contributed by atoms with Crippen molar-refractivity contribution in [1.82, 2.24) is 4.98 Å². The zero-order valence-electron chi connectivity index (χ0n) is 10.9. The average molecular weight is 312 g/mol. The summed E-state index contributed by atoms with van der Waals surface area (Å²) in [5, 5.41) is 2.59. The molecule has 0 unspecified atom stereocenters. The van der Waals surface area contributed by atoms with Crippen LogP contribution in [-0.2, 0) is 0 Å². The predicted molar refractivity (Wildman–Crippen MR) is 88.6 cm³/mol. The van der Waals surface area contributed by atoms with Crippen molar-refractivity contribution in [2.45, 2.75) is 0 Å². The van der Waals surface area contributed by atoms with Gasteiger partial charge in [-0.3, -0.25) is 4.79 Å². The van der Waals surface area contributed by atoms with E-state index in [2.05, 4.69) is 4.98 Å². The fourth-order valence-electron chi connectivity index (χ4n) is 2.53. The zero-order chi connectivity index (χ0) is 14.4. The van der Waals surface area contributed by atoms with Crippen LogP contribution in [0, 0.1) is 0 Å². The fourth-order valence-corrected chi connectivity index (χ4v) is 3.78. The number of hydrogen-bond donors (Lipinski definition) is 1. The van der Waals surface area contributed by atoms with E-state index in [0.29, 0.717) is 10.6 Å². The minimum absolute atomic E-state index is 0.0321. The van der Waals surface area contributed by atoms with Crippen LogP contribution in [0.5, 0.6) is 0 Å². The average Bonchev–Trinajstić information content (AvgIpc) is 3.11. The predicted octanol–water partition coefficient (Wildman–Crippen LogP) is 5.27. The summed E-state index contributed by atoms with van der Waals surface area (Å²) in [5.74, 6) is 0.0321. The normalized spacial score (nSPS) is 11.3. The third kappa shape index (κ3) is 1.97. The Hall–Kier alpha value is -2.10. The molecule has 1 N–H and O–H groups in total. The summed E-state index contributed by atoms with van der Waals surface area (Å²) in [5.41, 5.74) is 1.47. The Balaban J connectivity index is 1.88. The SMILES string of the molecule is O=C(c1cc2ccccc2s1)c1c[nH]c2c(Cl)cccc12. The highest BCUT2D eigenvalue weighted by molar-refractivity contribution is 7.21. The smallest absolute Gasteiger partial charge is 0.205 e. The van der Waals surface area contributed by atoms with Gasteiger partial charge in [0.1, 0.15) is 0 Å². The molecule has 0 amide bonds. The first-order valence-electron chi connectivity index (χ1n) is 6.53. The van der Waals surface area contributed by atoms with Gasteiger partial charge in [-0.15, -0.1) is 11.3 Å². The van der Waals surface area contributed by atoms with Crippen molar-refractivity contribution in [2.75, 3.05) is 0 Å². The van der Waals surface area contributed by atoms with Crippen LogP contribution < -0.4 is 0 Å². The number of aromatic amines is 1. The van der Waals surface area contributed by atoms with E-state index < -0.39 is 0 Å². The fraction of sp³-hybridized carbons (Fsp3) is 0. The molecule has 0 aliphatic heterocycles. The molecular formula is C17H10ClNOS. The van der Waals surface area contributed by atoms with Gasteiger partial charge in [0.25, 0.3) is 0 Å². The van der Waals surface area contributed by atoms with Gasteiger partial charge in [0.2, 0.25) is 5.78 Å². The van der Waals surface area contributed by atoms with Gasteiger partial charge in [-0.05, 0) is 23.6 Å². The summed E-state index contributed by atoms with van der Waals surface area (Å²) in [7, 11) is 0. The summed E-state index contributed by atoms with van der Waals surface area (Å²) < 4.78 is 1.12. The van der Waals surface area contributed by atoms with Gasteiger partial charge in [0.05, 0.1) is 15.4 Å². The third-order valence-electron chi connectivity index (χ3n) is 3.56. The maximum Gasteiger partial charge on any atom is 0.205 e. The van der Waals surface area contributed by atoms with Crippen molar-refractivity contribution >= 4 is 49.7 Å². The summed E-state index contributed by atoms with van der Waals surface area (Å²) in [6.45, 7) is 0. The maximum absolute atomic E-state index is 12.7. The van der Waals surface area contributed by atoms with Crippen molar-refractivity contribution in [3.05, 3.63) is 70.2 Å². The van der Waals surface area contributed by atoms with Gasteiger partial charge in [0, 0.05) is 21.8 Å². The molecule has 2 aromatic carbocycles. The van der Waals surface area contributed by atoms with Gasteiger partial charge in [-0.25, -0.2) is 0 Å². The molecule has 0 spiro atoms. The van der Waals surface area contributed by atoms with Gasteiger partial charge < -0.3 is 4.98 Å². The number of nitrogens with one attached hydrogen (secondary N) is 1. The molecule has 2 heterocycles. The summed E-state index contributed by atoms with van der Waals surface area (Å²) >= 11 is 7.67. The van der Waals surface area contributed by atoms with Crippen LogP contribution in [0.1, 0.15) is 15.2 Å². The number of halogens is 1. The van der Waals surface area contributed by atoms with E-state index in [1.54, 1.807) is 6.20 Å². The number of rotatable bonds is 2. The van der Waals surface area contributed by atoms with E-state index in [0.717, 1.165) is 25.9 Å². The van der Waals surface area contributed by atoms with E-state index in [4.69, 9.17) is 11.6 Å². The minimum atomic E-state index is 0.0321. The van der Waals surface area contributed by atoms with Crippen LogP contribution in [-0.4, -0.2) is 10.8 Å². The number of carbonyl (C=O) groups excluding carboxylic acids is 1. The molecule has 2 aromatic heterocycles. The molecule has 0 atom stereocenters. The molecule has 21 heavy (non-hydrogen) atoms.